The van der Waals surface area contributed by atoms with Gasteiger partial charge in [0.25, 0.3) is 0 Å². The Morgan fingerprint density at radius 1 is 1.30 bits per heavy atom. The van der Waals surface area contributed by atoms with Gasteiger partial charge < -0.3 is 5.11 Å². The summed E-state index contributed by atoms with van der Waals surface area (Å²) in [5, 5.41) is 14.6. The molecule has 1 N–H and O–H groups in total. The lowest BCUT2D eigenvalue weighted by atomic mass is 10.1. The van der Waals surface area contributed by atoms with E-state index in [1.165, 1.54) is 22.9 Å². The number of carboxylic acid groups (broad SMARTS) is 1. The highest BCUT2D eigenvalue weighted by Gasteiger charge is 2.21. The molecule has 3 rings (SSSR count). The van der Waals surface area contributed by atoms with Crippen molar-refractivity contribution in [1.29, 1.82) is 0 Å². The van der Waals surface area contributed by atoms with Gasteiger partial charge in [-0.2, -0.15) is 5.10 Å². The fourth-order valence-corrected chi connectivity index (χ4v) is 2.66. The molecule has 2 aromatic heterocycles. The summed E-state index contributed by atoms with van der Waals surface area (Å²) in [6.07, 6.45) is 0. The maximum atomic E-state index is 13.1. The molecule has 0 aliphatic rings. The van der Waals surface area contributed by atoms with Gasteiger partial charge in [0.2, 0.25) is 0 Å². The van der Waals surface area contributed by atoms with Crippen molar-refractivity contribution in [2.75, 3.05) is 0 Å². The van der Waals surface area contributed by atoms with Crippen molar-refractivity contribution in [2.45, 2.75) is 19.8 Å². The van der Waals surface area contributed by atoms with Crippen LogP contribution in [0.3, 0.4) is 0 Å². The van der Waals surface area contributed by atoms with E-state index in [9.17, 15) is 14.3 Å². The summed E-state index contributed by atoms with van der Waals surface area (Å²) in [5.74, 6) is -1.48. The van der Waals surface area contributed by atoms with Crippen LogP contribution in [0.25, 0.3) is 16.7 Å². The lowest BCUT2D eigenvalue weighted by Crippen LogP contribution is -2.03. The summed E-state index contributed by atoms with van der Waals surface area (Å²) in [6, 6.07) is 7.03. The molecular weight excluding hydrogens is 321 g/mol. The summed E-state index contributed by atoms with van der Waals surface area (Å²) in [4.78, 5) is 15.4. The molecule has 0 aliphatic heterocycles. The van der Waals surface area contributed by atoms with E-state index >= 15 is 0 Å². The molecule has 118 valence electrons. The van der Waals surface area contributed by atoms with Crippen molar-refractivity contribution < 1.29 is 14.3 Å². The molecule has 3 aromatic rings. The van der Waals surface area contributed by atoms with Crippen LogP contribution in [0.4, 0.5) is 4.39 Å². The smallest absolute Gasteiger partial charge is 0.354 e. The number of hydrogen-bond acceptors (Lipinski definition) is 3. The van der Waals surface area contributed by atoms with E-state index in [2.05, 4.69) is 10.1 Å². The topological polar surface area (TPSA) is 68.0 Å². The minimum Gasteiger partial charge on any atom is -0.477 e. The minimum atomic E-state index is -1.17. The van der Waals surface area contributed by atoms with Crippen LogP contribution in [0.2, 0.25) is 5.02 Å². The van der Waals surface area contributed by atoms with Gasteiger partial charge in [-0.25, -0.2) is 18.9 Å². The molecule has 0 saturated carbocycles. The van der Waals surface area contributed by atoms with Crippen molar-refractivity contribution in [3.63, 3.8) is 0 Å². The van der Waals surface area contributed by atoms with Gasteiger partial charge in [-0.15, -0.1) is 0 Å². The highest BCUT2D eigenvalue weighted by molar-refractivity contribution is 6.35. The van der Waals surface area contributed by atoms with Crippen LogP contribution in [0.5, 0.6) is 0 Å². The first-order valence-electron chi connectivity index (χ1n) is 6.97. The molecule has 0 unspecified atom stereocenters. The number of aromatic nitrogens is 3. The van der Waals surface area contributed by atoms with Crippen molar-refractivity contribution in [3.05, 3.63) is 52.6 Å². The number of halogens is 2. The Balaban J connectivity index is 2.36. The van der Waals surface area contributed by atoms with E-state index in [0.29, 0.717) is 22.4 Å². The molecule has 0 saturated heterocycles. The van der Waals surface area contributed by atoms with Gasteiger partial charge in [-0.3, -0.25) is 0 Å². The number of benzene rings is 1. The van der Waals surface area contributed by atoms with Crippen LogP contribution in [-0.2, 0) is 0 Å². The van der Waals surface area contributed by atoms with E-state index in [0.717, 1.165) is 0 Å². The van der Waals surface area contributed by atoms with Crippen LogP contribution < -0.4 is 0 Å². The number of nitrogens with zero attached hydrogens (tertiary/aromatic N) is 3. The number of carboxylic acids is 1. The monoisotopic (exact) mass is 333 g/mol. The van der Waals surface area contributed by atoms with Gasteiger partial charge in [-0.05, 0) is 36.2 Å². The van der Waals surface area contributed by atoms with Crippen molar-refractivity contribution in [2.24, 2.45) is 0 Å². The van der Waals surface area contributed by atoms with Crippen molar-refractivity contribution >= 4 is 28.6 Å². The molecule has 0 atom stereocenters. The molecule has 23 heavy (non-hydrogen) atoms. The number of carbonyl (C=O) groups is 1. The predicted octanol–water partition coefficient (Wildman–Crippen LogP) is 4.03. The van der Waals surface area contributed by atoms with Gasteiger partial charge in [0.15, 0.2) is 11.3 Å². The van der Waals surface area contributed by atoms with Crippen LogP contribution in [0, 0.1) is 5.82 Å². The predicted molar refractivity (Wildman–Crippen MR) is 84.9 cm³/mol. The fraction of sp³-hybridized carbons (Fsp3) is 0.188. The Labute approximate surface area is 136 Å². The van der Waals surface area contributed by atoms with Crippen molar-refractivity contribution in [3.8, 4) is 5.69 Å². The molecule has 0 amide bonds. The standard InChI is InChI=1S/C16H13ClFN3O2/c1-8(2)14-13-11(17)7-12(16(22)23)19-15(13)21(20-14)10-5-3-9(18)4-6-10/h3-8H,1-2H3,(H,22,23). The zero-order valence-corrected chi connectivity index (χ0v) is 13.2. The first-order chi connectivity index (χ1) is 10.9. The number of aromatic carboxylic acids is 1. The Hall–Kier alpha value is -2.47. The Bertz CT molecular complexity index is 904. The number of hydrogen-bond donors (Lipinski definition) is 1. The summed E-state index contributed by atoms with van der Waals surface area (Å²) >= 11 is 6.26. The third-order valence-corrected chi connectivity index (χ3v) is 3.75. The third kappa shape index (κ3) is 2.66. The van der Waals surface area contributed by atoms with E-state index in [4.69, 9.17) is 11.6 Å². The first-order valence-corrected chi connectivity index (χ1v) is 7.34. The lowest BCUT2D eigenvalue weighted by molar-refractivity contribution is 0.0691. The SMILES string of the molecule is CC(C)c1nn(-c2ccc(F)cc2)c2nc(C(=O)O)cc(Cl)c12. The van der Waals surface area contributed by atoms with Gasteiger partial charge >= 0.3 is 5.97 Å². The van der Waals surface area contributed by atoms with E-state index in [1.807, 2.05) is 13.8 Å². The van der Waals surface area contributed by atoms with E-state index < -0.39 is 5.97 Å². The molecule has 2 heterocycles. The molecule has 7 heteroatoms. The Morgan fingerprint density at radius 3 is 2.52 bits per heavy atom. The second-order valence-electron chi connectivity index (χ2n) is 5.42. The summed E-state index contributed by atoms with van der Waals surface area (Å²) in [5.41, 5.74) is 1.46. The molecule has 5 nitrogen and oxygen atoms in total. The highest BCUT2D eigenvalue weighted by Crippen LogP contribution is 2.32. The van der Waals surface area contributed by atoms with Crippen LogP contribution >= 0.6 is 11.6 Å². The molecule has 0 radical (unpaired) electrons. The molecular formula is C16H13ClFN3O2. The second kappa shape index (κ2) is 5.62. The molecule has 0 fully saturated rings. The van der Waals surface area contributed by atoms with Gasteiger partial charge in [0.05, 0.1) is 21.8 Å². The largest absolute Gasteiger partial charge is 0.477 e. The number of pyridine rings is 1. The normalized spacial score (nSPS) is 11.3. The summed E-state index contributed by atoms with van der Waals surface area (Å²) < 4.78 is 14.6. The molecule has 0 aliphatic carbocycles. The summed E-state index contributed by atoms with van der Waals surface area (Å²) in [7, 11) is 0. The van der Waals surface area contributed by atoms with Crippen LogP contribution in [0.1, 0.15) is 35.9 Å². The Morgan fingerprint density at radius 2 is 1.96 bits per heavy atom. The molecule has 1 aromatic carbocycles. The molecule has 0 spiro atoms. The van der Waals surface area contributed by atoms with Crippen molar-refractivity contribution in [1.82, 2.24) is 14.8 Å². The fourth-order valence-electron chi connectivity index (χ4n) is 2.37. The van der Waals surface area contributed by atoms with Gasteiger partial charge in [-0.1, -0.05) is 25.4 Å². The van der Waals surface area contributed by atoms with Crippen LogP contribution in [0.15, 0.2) is 30.3 Å². The zero-order chi connectivity index (χ0) is 16.7. The van der Waals surface area contributed by atoms with Gasteiger partial charge in [0, 0.05) is 0 Å². The van der Waals surface area contributed by atoms with E-state index in [1.54, 1.807) is 12.1 Å². The zero-order valence-electron chi connectivity index (χ0n) is 12.4. The van der Waals surface area contributed by atoms with Gasteiger partial charge in [0.1, 0.15) is 5.82 Å². The quantitative estimate of drug-likeness (QED) is 0.785. The van der Waals surface area contributed by atoms with E-state index in [-0.39, 0.29) is 22.5 Å². The first kappa shape index (κ1) is 15.4. The average molecular weight is 334 g/mol. The third-order valence-electron chi connectivity index (χ3n) is 3.45. The minimum absolute atomic E-state index is 0.0641. The Kier molecular flexibility index (Phi) is 3.77. The number of rotatable bonds is 3. The van der Waals surface area contributed by atoms with Crippen LogP contribution in [-0.4, -0.2) is 25.8 Å². The summed E-state index contributed by atoms with van der Waals surface area (Å²) in [6.45, 7) is 3.91. The maximum Gasteiger partial charge on any atom is 0.354 e. The maximum absolute atomic E-state index is 13.1. The highest BCUT2D eigenvalue weighted by atomic mass is 35.5. The average Bonchev–Trinajstić information content (AvgIpc) is 2.88. The number of fused-ring (bicyclic) bond motifs is 1. The lowest BCUT2D eigenvalue weighted by Gasteiger charge is -2.04. The second-order valence-corrected chi connectivity index (χ2v) is 5.83. The molecule has 0 bridgehead atoms.